The molecule has 0 saturated heterocycles. The van der Waals surface area contributed by atoms with Gasteiger partial charge in [0.05, 0.1) is 16.7 Å². The Hall–Kier alpha value is -3.16. The van der Waals surface area contributed by atoms with E-state index in [9.17, 15) is 10.1 Å². The number of oxime groups is 1. The molecule has 0 aliphatic heterocycles. The molecule has 0 amide bonds. The number of nitrogens with zero attached hydrogens (tertiary/aromatic N) is 3. The first-order chi connectivity index (χ1) is 10.0. The fraction of sp³-hybridized carbons (Fsp3) is 0.0769. The molecule has 0 radical (unpaired) electrons. The van der Waals surface area contributed by atoms with Crippen LogP contribution in [-0.4, -0.2) is 21.0 Å². The molecular formula is C13H12N4O4. The van der Waals surface area contributed by atoms with Gasteiger partial charge in [-0.05, 0) is 24.6 Å². The highest BCUT2D eigenvalue weighted by Gasteiger charge is 2.18. The van der Waals surface area contributed by atoms with Crippen LogP contribution in [0.5, 0.6) is 11.5 Å². The van der Waals surface area contributed by atoms with Gasteiger partial charge in [-0.1, -0.05) is 11.2 Å². The molecule has 1 aromatic heterocycles. The average Bonchev–Trinajstić information content (AvgIpc) is 2.48. The standard InChI is InChI=1S/C13H12N4O4/c1-8-2-3-11(10(6-8)17(19)20)21-12-7-15-5-4-9(12)13(14)16-18/h2-7,18H,1H3,(H2,14,16). The van der Waals surface area contributed by atoms with Crippen molar-refractivity contribution < 1.29 is 14.9 Å². The first-order valence-electron chi connectivity index (χ1n) is 5.87. The van der Waals surface area contributed by atoms with Gasteiger partial charge >= 0.3 is 5.69 Å². The van der Waals surface area contributed by atoms with Gasteiger partial charge in [0, 0.05) is 12.3 Å². The Morgan fingerprint density at radius 1 is 1.43 bits per heavy atom. The second-order valence-corrected chi connectivity index (χ2v) is 4.19. The van der Waals surface area contributed by atoms with E-state index in [1.807, 2.05) is 0 Å². The molecule has 0 aliphatic rings. The van der Waals surface area contributed by atoms with E-state index in [-0.39, 0.29) is 28.6 Å². The Kier molecular flexibility index (Phi) is 3.98. The molecule has 2 rings (SSSR count). The van der Waals surface area contributed by atoms with Crippen molar-refractivity contribution in [1.29, 1.82) is 0 Å². The van der Waals surface area contributed by atoms with Crippen molar-refractivity contribution in [2.45, 2.75) is 6.92 Å². The fourth-order valence-corrected chi connectivity index (χ4v) is 1.70. The molecule has 21 heavy (non-hydrogen) atoms. The predicted molar refractivity (Wildman–Crippen MR) is 74.7 cm³/mol. The van der Waals surface area contributed by atoms with Gasteiger partial charge in [0.15, 0.2) is 11.6 Å². The van der Waals surface area contributed by atoms with Gasteiger partial charge in [0.25, 0.3) is 0 Å². The number of nitrogens with two attached hydrogens (primary N) is 1. The fourth-order valence-electron chi connectivity index (χ4n) is 1.70. The predicted octanol–water partition coefficient (Wildman–Crippen LogP) is 2.19. The van der Waals surface area contributed by atoms with E-state index in [1.54, 1.807) is 13.0 Å². The summed E-state index contributed by atoms with van der Waals surface area (Å²) in [5.74, 6) is 0.0208. The van der Waals surface area contributed by atoms with Crippen LogP contribution in [0.2, 0.25) is 0 Å². The highest BCUT2D eigenvalue weighted by atomic mass is 16.6. The van der Waals surface area contributed by atoms with Gasteiger partial charge in [-0.25, -0.2) is 0 Å². The SMILES string of the molecule is Cc1ccc(Oc2cnccc2/C(N)=N/O)c([N+](=O)[O-])c1. The minimum Gasteiger partial charge on any atom is -0.448 e. The summed E-state index contributed by atoms with van der Waals surface area (Å²) in [5, 5.41) is 22.7. The smallest absolute Gasteiger partial charge is 0.311 e. The van der Waals surface area contributed by atoms with Crippen LogP contribution in [0, 0.1) is 17.0 Å². The van der Waals surface area contributed by atoms with Gasteiger partial charge in [-0.2, -0.15) is 0 Å². The van der Waals surface area contributed by atoms with Crippen molar-refractivity contribution in [2.75, 3.05) is 0 Å². The van der Waals surface area contributed by atoms with Crippen molar-refractivity contribution in [3.05, 3.63) is 57.9 Å². The third kappa shape index (κ3) is 3.06. The van der Waals surface area contributed by atoms with Crippen LogP contribution in [0.1, 0.15) is 11.1 Å². The Morgan fingerprint density at radius 3 is 2.86 bits per heavy atom. The highest BCUT2D eigenvalue weighted by Crippen LogP contribution is 2.33. The Balaban J connectivity index is 2.46. The average molecular weight is 288 g/mol. The summed E-state index contributed by atoms with van der Waals surface area (Å²) in [4.78, 5) is 14.4. The monoisotopic (exact) mass is 288 g/mol. The number of pyridine rings is 1. The molecule has 0 bridgehead atoms. The number of benzene rings is 1. The molecule has 3 N–H and O–H groups in total. The third-order valence-electron chi connectivity index (χ3n) is 2.70. The third-order valence-corrected chi connectivity index (χ3v) is 2.70. The zero-order valence-electron chi connectivity index (χ0n) is 11.1. The van der Waals surface area contributed by atoms with Gasteiger partial charge in [-0.3, -0.25) is 15.1 Å². The lowest BCUT2D eigenvalue weighted by Crippen LogP contribution is -2.14. The summed E-state index contributed by atoms with van der Waals surface area (Å²) in [5.41, 5.74) is 6.37. The first kappa shape index (κ1) is 14.3. The summed E-state index contributed by atoms with van der Waals surface area (Å²) in [6.45, 7) is 1.74. The quantitative estimate of drug-likeness (QED) is 0.292. The van der Waals surface area contributed by atoms with E-state index < -0.39 is 4.92 Å². The lowest BCUT2D eigenvalue weighted by atomic mass is 10.2. The topological polar surface area (TPSA) is 124 Å². The molecule has 0 unspecified atom stereocenters. The van der Waals surface area contributed by atoms with E-state index >= 15 is 0 Å². The minimum absolute atomic E-state index is 0.0468. The second kappa shape index (κ2) is 5.87. The zero-order chi connectivity index (χ0) is 15.4. The Labute approximate surface area is 119 Å². The summed E-state index contributed by atoms with van der Waals surface area (Å²) >= 11 is 0. The maximum absolute atomic E-state index is 11.1. The number of aryl methyl sites for hydroxylation is 1. The minimum atomic E-state index is -0.540. The van der Waals surface area contributed by atoms with Crippen molar-refractivity contribution in [2.24, 2.45) is 10.9 Å². The Bertz CT molecular complexity index is 715. The van der Waals surface area contributed by atoms with Crippen LogP contribution in [-0.2, 0) is 0 Å². The normalized spacial score (nSPS) is 11.2. The van der Waals surface area contributed by atoms with Crippen LogP contribution < -0.4 is 10.5 Å². The van der Waals surface area contributed by atoms with E-state index in [1.165, 1.54) is 30.6 Å². The number of nitro benzene ring substituents is 1. The number of aromatic nitrogens is 1. The summed E-state index contributed by atoms with van der Waals surface area (Å²) in [7, 11) is 0. The molecule has 0 aliphatic carbocycles. The van der Waals surface area contributed by atoms with E-state index in [0.29, 0.717) is 0 Å². The molecule has 8 heteroatoms. The van der Waals surface area contributed by atoms with Gasteiger partial charge in [-0.15, -0.1) is 0 Å². The van der Waals surface area contributed by atoms with E-state index in [0.717, 1.165) is 5.56 Å². The number of ether oxygens (including phenoxy) is 1. The van der Waals surface area contributed by atoms with Crippen molar-refractivity contribution in [3.63, 3.8) is 0 Å². The number of nitro groups is 1. The number of rotatable bonds is 4. The molecule has 2 aromatic rings. The maximum atomic E-state index is 11.1. The van der Waals surface area contributed by atoms with Gasteiger partial charge in [0.1, 0.15) is 0 Å². The molecule has 0 fully saturated rings. The molecule has 108 valence electrons. The molecule has 0 atom stereocenters. The van der Waals surface area contributed by atoms with Crippen LogP contribution in [0.15, 0.2) is 41.8 Å². The Morgan fingerprint density at radius 2 is 2.19 bits per heavy atom. The largest absolute Gasteiger partial charge is 0.448 e. The maximum Gasteiger partial charge on any atom is 0.311 e. The van der Waals surface area contributed by atoms with Crippen LogP contribution >= 0.6 is 0 Å². The number of hydrogen-bond donors (Lipinski definition) is 2. The molecule has 8 nitrogen and oxygen atoms in total. The van der Waals surface area contributed by atoms with Crippen LogP contribution in [0.4, 0.5) is 5.69 Å². The summed E-state index contributed by atoms with van der Waals surface area (Å²) in [6.07, 6.45) is 2.76. The van der Waals surface area contributed by atoms with Crippen molar-refractivity contribution in [3.8, 4) is 11.5 Å². The highest BCUT2D eigenvalue weighted by molar-refractivity contribution is 5.99. The van der Waals surface area contributed by atoms with Crippen LogP contribution in [0.25, 0.3) is 0 Å². The molecule has 1 aromatic carbocycles. The number of hydrogen-bond acceptors (Lipinski definition) is 6. The van der Waals surface area contributed by atoms with Gasteiger partial charge < -0.3 is 15.7 Å². The zero-order valence-corrected chi connectivity index (χ0v) is 11.1. The van der Waals surface area contributed by atoms with E-state index in [4.69, 9.17) is 15.7 Å². The van der Waals surface area contributed by atoms with Crippen molar-refractivity contribution in [1.82, 2.24) is 4.98 Å². The lowest BCUT2D eigenvalue weighted by molar-refractivity contribution is -0.385. The van der Waals surface area contributed by atoms with Crippen LogP contribution in [0.3, 0.4) is 0 Å². The molecule has 0 spiro atoms. The van der Waals surface area contributed by atoms with E-state index in [2.05, 4.69) is 10.1 Å². The number of amidine groups is 1. The second-order valence-electron chi connectivity index (χ2n) is 4.19. The summed E-state index contributed by atoms with van der Waals surface area (Å²) < 4.78 is 5.50. The van der Waals surface area contributed by atoms with Gasteiger partial charge in [0.2, 0.25) is 5.75 Å². The molecule has 0 saturated carbocycles. The first-order valence-corrected chi connectivity index (χ1v) is 5.87. The summed E-state index contributed by atoms with van der Waals surface area (Å²) in [6, 6.07) is 6.04. The van der Waals surface area contributed by atoms with Crippen molar-refractivity contribution >= 4 is 11.5 Å². The lowest BCUT2D eigenvalue weighted by Gasteiger charge is -2.10. The molecule has 1 heterocycles. The molecular weight excluding hydrogens is 276 g/mol.